The number of amides is 1. The second-order valence-corrected chi connectivity index (χ2v) is 7.10. The predicted molar refractivity (Wildman–Crippen MR) is 71.1 cm³/mol. The third-order valence-corrected chi connectivity index (χ3v) is 5.06. The zero-order chi connectivity index (χ0) is 14.9. The van der Waals surface area contributed by atoms with Crippen molar-refractivity contribution in [1.82, 2.24) is 9.47 Å². The lowest BCUT2D eigenvalue weighted by Gasteiger charge is -2.34. The van der Waals surface area contributed by atoms with E-state index in [0.29, 0.717) is 5.69 Å². The fraction of sp³-hybridized carbons (Fsp3) is 0.500. The van der Waals surface area contributed by atoms with Crippen LogP contribution in [0.4, 0.5) is 0 Å². The molecule has 7 nitrogen and oxygen atoms in total. The number of rotatable bonds is 3. The molecule has 0 radical (unpaired) electrons. The molecule has 1 aliphatic heterocycles. The van der Waals surface area contributed by atoms with Gasteiger partial charge in [-0.05, 0) is 12.1 Å². The Bertz CT molecular complexity index is 634. The van der Waals surface area contributed by atoms with Crippen LogP contribution in [0, 0.1) is 0 Å². The van der Waals surface area contributed by atoms with E-state index in [-0.39, 0.29) is 30.4 Å². The number of hydrogen-bond donors (Lipinski definition) is 1. The van der Waals surface area contributed by atoms with E-state index in [1.54, 1.807) is 29.9 Å². The smallest absolute Gasteiger partial charge is 0.305 e. The molecule has 1 aromatic heterocycles. The number of hydrogen-bond acceptors (Lipinski definition) is 4. The summed E-state index contributed by atoms with van der Waals surface area (Å²) in [7, 11) is -1.58. The first-order valence-corrected chi connectivity index (χ1v) is 7.97. The summed E-state index contributed by atoms with van der Waals surface area (Å²) in [5.41, 5.74) is 0.416. The van der Waals surface area contributed by atoms with E-state index >= 15 is 0 Å². The van der Waals surface area contributed by atoms with E-state index < -0.39 is 21.8 Å². The van der Waals surface area contributed by atoms with Gasteiger partial charge in [-0.3, -0.25) is 9.59 Å². The molecule has 110 valence electrons. The number of aryl methyl sites for hydroxylation is 1. The van der Waals surface area contributed by atoms with Crippen molar-refractivity contribution in [1.29, 1.82) is 0 Å². The van der Waals surface area contributed by atoms with Gasteiger partial charge in [0.25, 0.3) is 5.91 Å². The van der Waals surface area contributed by atoms with E-state index in [9.17, 15) is 18.0 Å². The van der Waals surface area contributed by atoms with Gasteiger partial charge in [0.15, 0.2) is 9.84 Å². The topological polar surface area (TPSA) is 96.7 Å². The Balaban J connectivity index is 2.26. The summed E-state index contributed by atoms with van der Waals surface area (Å²) < 4.78 is 24.9. The van der Waals surface area contributed by atoms with Crippen LogP contribution in [0.15, 0.2) is 18.3 Å². The highest BCUT2D eigenvalue weighted by atomic mass is 32.2. The van der Waals surface area contributed by atoms with Crippen molar-refractivity contribution in [2.75, 3.05) is 18.1 Å². The van der Waals surface area contributed by atoms with Gasteiger partial charge in [-0.2, -0.15) is 0 Å². The number of sulfone groups is 1. The van der Waals surface area contributed by atoms with Crippen molar-refractivity contribution < 1.29 is 23.1 Å². The third-order valence-electron chi connectivity index (χ3n) is 3.36. The lowest BCUT2D eigenvalue weighted by atomic mass is 10.2. The molecule has 1 fully saturated rings. The quantitative estimate of drug-likeness (QED) is 0.829. The Labute approximate surface area is 116 Å². The fourth-order valence-electron chi connectivity index (χ4n) is 2.35. The molecule has 1 aliphatic rings. The highest BCUT2D eigenvalue weighted by molar-refractivity contribution is 7.91. The molecule has 0 spiro atoms. The summed E-state index contributed by atoms with van der Waals surface area (Å²) in [5, 5.41) is 8.88. The van der Waals surface area contributed by atoms with Crippen molar-refractivity contribution in [3.05, 3.63) is 24.0 Å². The summed E-state index contributed by atoms with van der Waals surface area (Å²) in [6.45, 7) is 0.0320. The zero-order valence-corrected chi connectivity index (χ0v) is 11.8. The van der Waals surface area contributed by atoms with Crippen molar-refractivity contribution in [3.8, 4) is 0 Å². The van der Waals surface area contributed by atoms with Crippen LogP contribution in [0.2, 0.25) is 0 Å². The minimum Gasteiger partial charge on any atom is -0.481 e. The first kappa shape index (κ1) is 14.6. The van der Waals surface area contributed by atoms with Crippen LogP contribution in [0.25, 0.3) is 0 Å². The van der Waals surface area contributed by atoms with Crippen LogP contribution < -0.4 is 0 Å². The largest absolute Gasteiger partial charge is 0.481 e. The summed E-state index contributed by atoms with van der Waals surface area (Å²) in [4.78, 5) is 24.6. The standard InChI is InChI=1S/C12H16N2O5S/c1-13-4-2-3-10(13)12(17)14-5-6-20(18,19)8-9(14)7-11(15)16/h2-4,9H,5-8H2,1H3,(H,15,16). The summed E-state index contributed by atoms with van der Waals surface area (Å²) in [5.74, 6) is -1.87. The second kappa shape index (κ2) is 5.28. The van der Waals surface area contributed by atoms with E-state index in [4.69, 9.17) is 5.11 Å². The lowest BCUT2D eigenvalue weighted by Crippen LogP contribution is -2.52. The lowest BCUT2D eigenvalue weighted by molar-refractivity contribution is -0.138. The Morgan fingerprint density at radius 3 is 2.70 bits per heavy atom. The van der Waals surface area contributed by atoms with Crippen molar-refractivity contribution >= 4 is 21.7 Å². The van der Waals surface area contributed by atoms with Gasteiger partial charge >= 0.3 is 5.97 Å². The zero-order valence-electron chi connectivity index (χ0n) is 11.0. The number of carbonyl (C=O) groups is 2. The normalized spacial score (nSPS) is 21.6. The number of aliphatic carboxylic acids is 1. The van der Waals surface area contributed by atoms with Gasteiger partial charge in [0, 0.05) is 19.8 Å². The first-order valence-electron chi connectivity index (χ1n) is 6.14. The third kappa shape index (κ3) is 3.01. The number of aromatic nitrogens is 1. The van der Waals surface area contributed by atoms with Crippen molar-refractivity contribution in [2.45, 2.75) is 12.5 Å². The summed E-state index contributed by atoms with van der Waals surface area (Å²) in [6.07, 6.45) is 1.34. The molecule has 1 unspecified atom stereocenters. The molecule has 0 aliphatic carbocycles. The maximum Gasteiger partial charge on any atom is 0.305 e. The molecule has 1 atom stereocenters. The van der Waals surface area contributed by atoms with Gasteiger partial charge in [0.1, 0.15) is 5.69 Å². The molecule has 2 rings (SSSR count). The van der Waals surface area contributed by atoms with Crippen LogP contribution in [0.5, 0.6) is 0 Å². The monoisotopic (exact) mass is 300 g/mol. The molecule has 0 saturated carbocycles. The predicted octanol–water partition coefficient (Wildman–Crippen LogP) is -0.261. The molecule has 1 amide bonds. The molecule has 2 heterocycles. The van der Waals surface area contributed by atoms with Gasteiger partial charge in [-0.15, -0.1) is 0 Å². The first-order chi connectivity index (χ1) is 9.30. The summed E-state index contributed by atoms with van der Waals surface area (Å²) in [6, 6.07) is 2.53. The minimum absolute atomic E-state index is 0.0320. The molecular formula is C12H16N2O5S. The van der Waals surface area contributed by atoms with Gasteiger partial charge < -0.3 is 14.6 Å². The van der Waals surface area contributed by atoms with E-state index in [1.165, 1.54) is 4.90 Å². The van der Waals surface area contributed by atoms with E-state index in [1.807, 2.05) is 0 Å². The van der Waals surface area contributed by atoms with Gasteiger partial charge in [0.2, 0.25) is 0 Å². The SMILES string of the molecule is Cn1cccc1C(=O)N1CCS(=O)(=O)CC1CC(=O)O. The average molecular weight is 300 g/mol. The number of carboxylic acids is 1. The van der Waals surface area contributed by atoms with Gasteiger partial charge in [-0.25, -0.2) is 8.42 Å². The number of carbonyl (C=O) groups excluding carboxylic acids is 1. The minimum atomic E-state index is -3.29. The number of nitrogens with zero attached hydrogens (tertiary/aromatic N) is 2. The van der Waals surface area contributed by atoms with E-state index in [0.717, 1.165) is 0 Å². The molecule has 0 bridgehead atoms. The number of carboxylic acid groups (broad SMARTS) is 1. The van der Waals surface area contributed by atoms with Crippen LogP contribution in [-0.4, -0.2) is 59.0 Å². The molecule has 0 aromatic carbocycles. The highest BCUT2D eigenvalue weighted by Crippen LogP contribution is 2.18. The molecule has 20 heavy (non-hydrogen) atoms. The maximum atomic E-state index is 12.4. The van der Waals surface area contributed by atoms with Crippen molar-refractivity contribution in [3.63, 3.8) is 0 Å². The van der Waals surface area contributed by atoms with Crippen LogP contribution in [0.3, 0.4) is 0 Å². The Morgan fingerprint density at radius 2 is 2.15 bits per heavy atom. The van der Waals surface area contributed by atoms with Crippen LogP contribution >= 0.6 is 0 Å². The van der Waals surface area contributed by atoms with Crippen LogP contribution in [0.1, 0.15) is 16.9 Å². The Morgan fingerprint density at radius 1 is 1.45 bits per heavy atom. The molecular weight excluding hydrogens is 284 g/mol. The Hall–Kier alpha value is -1.83. The van der Waals surface area contributed by atoms with Crippen molar-refractivity contribution in [2.24, 2.45) is 7.05 Å². The molecule has 8 heteroatoms. The van der Waals surface area contributed by atoms with Crippen LogP contribution in [-0.2, 0) is 21.7 Å². The molecule has 1 N–H and O–H groups in total. The summed E-state index contributed by atoms with van der Waals surface area (Å²) >= 11 is 0. The van der Waals surface area contributed by atoms with E-state index in [2.05, 4.69) is 0 Å². The van der Waals surface area contributed by atoms with Gasteiger partial charge in [-0.1, -0.05) is 0 Å². The second-order valence-electron chi connectivity index (χ2n) is 4.87. The molecule has 1 aromatic rings. The fourth-order valence-corrected chi connectivity index (χ4v) is 3.88. The average Bonchev–Trinajstić information content (AvgIpc) is 2.73. The van der Waals surface area contributed by atoms with Gasteiger partial charge in [0.05, 0.1) is 24.0 Å². The molecule has 1 saturated heterocycles. The Kier molecular flexibility index (Phi) is 3.85. The highest BCUT2D eigenvalue weighted by Gasteiger charge is 2.36. The maximum absolute atomic E-state index is 12.4.